The minimum absolute atomic E-state index is 0.000999. The number of thioether (sulfide) groups is 1. The van der Waals surface area contributed by atoms with Crippen molar-refractivity contribution in [3.63, 3.8) is 0 Å². The minimum Gasteiger partial charge on any atom is -0.394 e. The second kappa shape index (κ2) is 6.91. The molecule has 0 radical (unpaired) electrons. The van der Waals surface area contributed by atoms with Crippen molar-refractivity contribution in [1.29, 1.82) is 0 Å². The van der Waals surface area contributed by atoms with E-state index in [1.54, 1.807) is 17.0 Å². The Bertz CT molecular complexity index is 424. The van der Waals surface area contributed by atoms with Gasteiger partial charge >= 0.3 is 0 Å². The average molecular weight is 283 g/mol. The van der Waals surface area contributed by atoms with Crippen molar-refractivity contribution in [2.45, 2.75) is 24.6 Å². The Kier molecular flexibility index (Phi) is 5.22. The first kappa shape index (κ1) is 14.3. The van der Waals surface area contributed by atoms with Gasteiger partial charge in [-0.3, -0.25) is 4.79 Å². The van der Waals surface area contributed by atoms with E-state index in [1.807, 2.05) is 0 Å². The molecule has 2 rings (SSSR count). The van der Waals surface area contributed by atoms with Crippen molar-refractivity contribution < 1.29 is 14.3 Å². The van der Waals surface area contributed by atoms with Crippen LogP contribution in [0, 0.1) is 5.82 Å². The first-order chi connectivity index (χ1) is 9.20. The predicted octanol–water partition coefficient (Wildman–Crippen LogP) is 2.04. The highest BCUT2D eigenvalue weighted by Gasteiger charge is 2.27. The van der Waals surface area contributed by atoms with Crippen LogP contribution in [-0.2, 0) is 10.5 Å². The molecule has 0 aliphatic carbocycles. The lowest BCUT2D eigenvalue weighted by atomic mass is 10.2. The maximum atomic E-state index is 12.7. The zero-order chi connectivity index (χ0) is 13.7. The summed E-state index contributed by atoms with van der Waals surface area (Å²) >= 11 is 1.52. The number of hydrogen-bond acceptors (Lipinski definition) is 3. The fourth-order valence-corrected chi connectivity index (χ4v) is 3.14. The van der Waals surface area contributed by atoms with E-state index < -0.39 is 0 Å². The Labute approximate surface area is 116 Å². The normalized spacial score (nSPS) is 18.8. The van der Waals surface area contributed by atoms with Crippen LogP contribution in [0.15, 0.2) is 24.3 Å². The van der Waals surface area contributed by atoms with Crippen molar-refractivity contribution in [3.05, 3.63) is 35.6 Å². The standard InChI is InChI=1S/C14H18FNO2S/c15-12-5-3-11(4-6-12)9-19-10-14(18)16-7-1-2-13(16)8-17/h3-6,13,17H,1-2,7-10H2/t13-/m1/s1. The molecule has 1 atom stereocenters. The molecule has 1 fully saturated rings. The quantitative estimate of drug-likeness (QED) is 0.899. The van der Waals surface area contributed by atoms with Gasteiger partial charge in [0.2, 0.25) is 5.91 Å². The van der Waals surface area contributed by atoms with Gasteiger partial charge in [0.15, 0.2) is 0 Å². The van der Waals surface area contributed by atoms with Gasteiger partial charge < -0.3 is 10.0 Å². The Morgan fingerprint density at radius 3 is 2.84 bits per heavy atom. The number of amides is 1. The summed E-state index contributed by atoms with van der Waals surface area (Å²) in [5.74, 6) is 0.952. The maximum Gasteiger partial charge on any atom is 0.232 e. The highest BCUT2D eigenvalue weighted by molar-refractivity contribution is 7.99. The van der Waals surface area contributed by atoms with Gasteiger partial charge in [-0.25, -0.2) is 4.39 Å². The number of nitrogens with zero attached hydrogens (tertiary/aromatic N) is 1. The lowest BCUT2D eigenvalue weighted by Gasteiger charge is -2.22. The Morgan fingerprint density at radius 2 is 2.16 bits per heavy atom. The van der Waals surface area contributed by atoms with Crippen LogP contribution in [0.5, 0.6) is 0 Å². The highest BCUT2D eigenvalue weighted by atomic mass is 32.2. The fourth-order valence-electron chi connectivity index (χ4n) is 2.27. The number of halogens is 1. The molecule has 5 heteroatoms. The molecule has 0 unspecified atom stereocenters. The maximum absolute atomic E-state index is 12.7. The second-order valence-corrected chi connectivity index (χ2v) is 5.67. The molecule has 3 nitrogen and oxygen atoms in total. The summed E-state index contributed by atoms with van der Waals surface area (Å²) in [6.45, 7) is 0.801. The summed E-state index contributed by atoms with van der Waals surface area (Å²) in [6, 6.07) is 6.33. The van der Waals surface area contributed by atoms with Gasteiger partial charge in [0, 0.05) is 12.3 Å². The van der Waals surface area contributed by atoms with E-state index in [0.717, 1.165) is 24.9 Å². The third kappa shape index (κ3) is 3.94. The van der Waals surface area contributed by atoms with Crippen LogP contribution in [0.3, 0.4) is 0 Å². The molecule has 1 aliphatic heterocycles. The summed E-state index contributed by atoms with van der Waals surface area (Å²) in [4.78, 5) is 13.8. The van der Waals surface area contributed by atoms with Crippen molar-refractivity contribution in [3.8, 4) is 0 Å². The smallest absolute Gasteiger partial charge is 0.232 e. The van der Waals surface area contributed by atoms with E-state index in [1.165, 1.54) is 23.9 Å². The van der Waals surface area contributed by atoms with Gasteiger partial charge in [0.25, 0.3) is 0 Å². The minimum atomic E-state index is -0.243. The molecule has 0 saturated carbocycles. The van der Waals surface area contributed by atoms with Crippen LogP contribution in [0.2, 0.25) is 0 Å². The molecule has 0 aromatic heterocycles. The number of hydrogen-bond donors (Lipinski definition) is 1. The van der Waals surface area contributed by atoms with Crippen LogP contribution in [-0.4, -0.2) is 40.9 Å². The number of aliphatic hydroxyl groups excluding tert-OH is 1. The average Bonchev–Trinajstić information content (AvgIpc) is 2.89. The van der Waals surface area contributed by atoms with E-state index in [9.17, 15) is 14.3 Å². The van der Waals surface area contributed by atoms with Gasteiger partial charge in [-0.1, -0.05) is 12.1 Å². The molecule has 1 aliphatic rings. The first-order valence-corrected chi connectivity index (χ1v) is 7.58. The highest BCUT2D eigenvalue weighted by Crippen LogP contribution is 2.19. The monoisotopic (exact) mass is 283 g/mol. The number of likely N-dealkylation sites (tertiary alicyclic amines) is 1. The Morgan fingerprint density at radius 1 is 1.42 bits per heavy atom. The van der Waals surface area contributed by atoms with Gasteiger partial charge in [-0.2, -0.15) is 0 Å². The number of aliphatic hydroxyl groups is 1. The zero-order valence-electron chi connectivity index (χ0n) is 10.7. The SMILES string of the molecule is O=C(CSCc1ccc(F)cc1)N1CCC[C@@H]1CO. The molecular formula is C14H18FNO2S. The molecule has 1 aromatic rings. The molecule has 1 N–H and O–H groups in total. The van der Waals surface area contributed by atoms with Gasteiger partial charge in [-0.05, 0) is 30.5 Å². The summed E-state index contributed by atoms with van der Waals surface area (Å²) in [6.07, 6.45) is 1.87. The Balaban J connectivity index is 1.76. The van der Waals surface area contributed by atoms with Crippen LogP contribution in [0.4, 0.5) is 4.39 Å². The van der Waals surface area contributed by atoms with Gasteiger partial charge in [0.05, 0.1) is 18.4 Å². The molecule has 0 bridgehead atoms. The number of carbonyl (C=O) groups excluding carboxylic acids is 1. The molecule has 1 saturated heterocycles. The van der Waals surface area contributed by atoms with E-state index >= 15 is 0 Å². The number of rotatable bonds is 5. The lowest BCUT2D eigenvalue weighted by molar-refractivity contribution is -0.129. The van der Waals surface area contributed by atoms with Crippen molar-refractivity contribution in [2.24, 2.45) is 0 Å². The Hall–Kier alpha value is -1.07. The molecule has 1 heterocycles. The third-order valence-electron chi connectivity index (χ3n) is 3.32. The van der Waals surface area contributed by atoms with Gasteiger partial charge in [-0.15, -0.1) is 11.8 Å². The molecular weight excluding hydrogens is 265 g/mol. The van der Waals surface area contributed by atoms with Crippen LogP contribution in [0.1, 0.15) is 18.4 Å². The van der Waals surface area contributed by atoms with E-state index in [-0.39, 0.29) is 24.4 Å². The fraction of sp³-hybridized carbons (Fsp3) is 0.500. The van der Waals surface area contributed by atoms with E-state index in [4.69, 9.17) is 0 Å². The van der Waals surface area contributed by atoms with Crippen LogP contribution in [0.25, 0.3) is 0 Å². The second-order valence-electron chi connectivity index (χ2n) is 4.69. The van der Waals surface area contributed by atoms with Crippen molar-refractivity contribution >= 4 is 17.7 Å². The number of carbonyl (C=O) groups is 1. The molecule has 0 spiro atoms. The summed E-state index contributed by atoms with van der Waals surface area (Å²) < 4.78 is 12.7. The molecule has 1 aromatic carbocycles. The lowest BCUT2D eigenvalue weighted by Crippen LogP contribution is -2.38. The zero-order valence-corrected chi connectivity index (χ0v) is 11.5. The van der Waals surface area contributed by atoms with Crippen molar-refractivity contribution in [1.82, 2.24) is 4.90 Å². The summed E-state index contributed by atoms with van der Waals surface area (Å²) in [7, 11) is 0. The summed E-state index contributed by atoms with van der Waals surface area (Å²) in [5, 5.41) is 9.18. The molecule has 19 heavy (non-hydrogen) atoms. The summed E-state index contributed by atoms with van der Waals surface area (Å²) in [5.41, 5.74) is 1.01. The van der Waals surface area contributed by atoms with Crippen LogP contribution >= 0.6 is 11.8 Å². The topological polar surface area (TPSA) is 40.5 Å². The largest absolute Gasteiger partial charge is 0.394 e. The molecule has 1 amide bonds. The number of benzene rings is 1. The third-order valence-corrected chi connectivity index (χ3v) is 4.30. The van der Waals surface area contributed by atoms with Gasteiger partial charge in [0.1, 0.15) is 5.82 Å². The van der Waals surface area contributed by atoms with Crippen LogP contribution < -0.4 is 0 Å². The first-order valence-electron chi connectivity index (χ1n) is 6.43. The van der Waals surface area contributed by atoms with Crippen molar-refractivity contribution in [2.75, 3.05) is 18.9 Å². The molecule has 104 valence electrons. The van der Waals surface area contributed by atoms with E-state index in [2.05, 4.69) is 0 Å². The van der Waals surface area contributed by atoms with E-state index in [0.29, 0.717) is 11.5 Å². The predicted molar refractivity (Wildman–Crippen MR) is 74.4 cm³/mol.